The molecule has 2 aliphatic heterocycles. The summed E-state index contributed by atoms with van der Waals surface area (Å²) in [5.74, 6) is 0. The van der Waals surface area contributed by atoms with Crippen LogP contribution in [-0.2, 0) is 10.0 Å². The molecule has 20 heavy (non-hydrogen) atoms. The zero-order chi connectivity index (χ0) is 14.2. The topological polar surface area (TPSA) is 52.7 Å². The number of thiophene rings is 1. The van der Waals surface area contributed by atoms with Crippen molar-refractivity contribution in [1.29, 1.82) is 0 Å². The van der Waals surface area contributed by atoms with E-state index in [0.717, 1.165) is 37.5 Å². The Bertz CT molecular complexity index is 564. The van der Waals surface area contributed by atoms with E-state index in [0.29, 0.717) is 23.3 Å². The molecular weight excluding hydrogens is 294 g/mol. The van der Waals surface area contributed by atoms with Gasteiger partial charge in [-0.1, -0.05) is 0 Å². The Morgan fingerprint density at radius 1 is 1.25 bits per heavy atom. The monoisotopic (exact) mass is 315 g/mol. The molecule has 0 saturated carbocycles. The number of sulfonamides is 1. The van der Waals surface area contributed by atoms with Crippen LogP contribution in [0.1, 0.15) is 11.3 Å². The van der Waals surface area contributed by atoms with Gasteiger partial charge in [-0.2, -0.15) is 4.31 Å². The summed E-state index contributed by atoms with van der Waals surface area (Å²) in [5.41, 5.74) is 0. The number of piperazine rings is 1. The molecule has 0 radical (unpaired) electrons. The van der Waals surface area contributed by atoms with Crippen molar-refractivity contribution in [3.8, 4) is 0 Å². The Morgan fingerprint density at radius 3 is 2.65 bits per heavy atom. The van der Waals surface area contributed by atoms with Crippen molar-refractivity contribution >= 4 is 21.4 Å². The summed E-state index contributed by atoms with van der Waals surface area (Å²) in [7, 11) is -3.28. The number of hydrogen-bond donors (Lipinski definition) is 1. The normalized spacial score (nSPS) is 26.1. The van der Waals surface area contributed by atoms with Gasteiger partial charge in [-0.15, -0.1) is 11.3 Å². The van der Waals surface area contributed by atoms with Crippen molar-refractivity contribution in [2.24, 2.45) is 0 Å². The van der Waals surface area contributed by atoms with Crippen molar-refractivity contribution in [3.63, 3.8) is 0 Å². The Hall–Kier alpha value is -0.470. The standard InChI is InChI=1S/C13H21N3O2S2/c1-11-2-3-13(19-11)20(17,18)16-7-4-12(10-16)15-8-5-14-6-9-15/h2-3,12,14H,4-10H2,1H3. The molecule has 0 bridgehead atoms. The van der Waals surface area contributed by atoms with E-state index in [9.17, 15) is 8.42 Å². The van der Waals surface area contributed by atoms with Crippen LogP contribution in [0.3, 0.4) is 0 Å². The molecule has 2 aliphatic rings. The first-order chi connectivity index (χ1) is 9.57. The molecule has 3 heterocycles. The molecule has 2 fully saturated rings. The predicted octanol–water partition coefficient (Wildman–Crippen LogP) is 0.725. The second-order valence-corrected chi connectivity index (χ2v) is 8.91. The molecule has 0 aliphatic carbocycles. The molecule has 112 valence electrons. The molecule has 1 N–H and O–H groups in total. The number of nitrogens with zero attached hydrogens (tertiary/aromatic N) is 2. The van der Waals surface area contributed by atoms with Gasteiger partial charge in [0.2, 0.25) is 0 Å². The number of rotatable bonds is 3. The fraction of sp³-hybridized carbons (Fsp3) is 0.692. The van der Waals surface area contributed by atoms with Crippen molar-refractivity contribution < 1.29 is 8.42 Å². The maximum absolute atomic E-state index is 12.6. The highest BCUT2D eigenvalue weighted by Crippen LogP contribution is 2.28. The van der Waals surface area contributed by atoms with Gasteiger partial charge in [0.25, 0.3) is 10.0 Å². The minimum absolute atomic E-state index is 0.382. The third-order valence-corrected chi connectivity index (χ3v) is 7.44. The lowest BCUT2D eigenvalue weighted by atomic mass is 10.2. The van der Waals surface area contributed by atoms with Gasteiger partial charge in [-0.3, -0.25) is 4.90 Å². The summed E-state index contributed by atoms with van der Waals surface area (Å²) in [6.45, 7) is 7.29. The van der Waals surface area contributed by atoms with Crippen LogP contribution >= 0.6 is 11.3 Å². The van der Waals surface area contributed by atoms with E-state index in [2.05, 4.69) is 10.2 Å². The van der Waals surface area contributed by atoms with Gasteiger partial charge in [0.15, 0.2) is 0 Å². The van der Waals surface area contributed by atoms with E-state index < -0.39 is 10.0 Å². The van der Waals surface area contributed by atoms with Crippen LogP contribution in [0, 0.1) is 6.92 Å². The first-order valence-corrected chi connectivity index (χ1v) is 9.34. The van der Waals surface area contributed by atoms with Gasteiger partial charge in [-0.05, 0) is 25.5 Å². The summed E-state index contributed by atoms with van der Waals surface area (Å²) in [6, 6.07) is 3.99. The maximum atomic E-state index is 12.6. The van der Waals surface area contributed by atoms with Crippen molar-refractivity contribution in [3.05, 3.63) is 17.0 Å². The van der Waals surface area contributed by atoms with Crippen molar-refractivity contribution in [2.75, 3.05) is 39.3 Å². The lowest BCUT2D eigenvalue weighted by molar-refractivity contribution is 0.179. The van der Waals surface area contributed by atoms with Gasteiger partial charge >= 0.3 is 0 Å². The van der Waals surface area contributed by atoms with Gasteiger partial charge < -0.3 is 5.32 Å². The smallest absolute Gasteiger partial charge is 0.252 e. The SMILES string of the molecule is Cc1ccc(S(=O)(=O)N2CCC(N3CCNCC3)C2)s1. The van der Waals surface area contributed by atoms with Gasteiger partial charge in [0.05, 0.1) is 0 Å². The van der Waals surface area contributed by atoms with E-state index in [-0.39, 0.29) is 0 Å². The average molecular weight is 315 g/mol. The Labute approximate surface area is 124 Å². The summed E-state index contributed by atoms with van der Waals surface area (Å²) >= 11 is 1.37. The highest BCUT2D eigenvalue weighted by Gasteiger charge is 2.35. The second kappa shape index (κ2) is 5.73. The molecule has 1 unspecified atom stereocenters. The van der Waals surface area contributed by atoms with Crippen molar-refractivity contribution in [1.82, 2.24) is 14.5 Å². The largest absolute Gasteiger partial charge is 0.314 e. The van der Waals surface area contributed by atoms with Crippen LogP contribution in [0.25, 0.3) is 0 Å². The van der Waals surface area contributed by atoms with E-state index in [1.165, 1.54) is 11.3 Å². The van der Waals surface area contributed by atoms with Crippen LogP contribution in [0.4, 0.5) is 0 Å². The zero-order valence-electron chi connectivity index (χ0n) is 11.7. The van der Waals surface area contributed by atoms with Crippen LogP contribution < -0.4 is 5.32 Å². The summed E-state index contributed by atoms with van der Waals surface area (Å²) in [5, 5.41) is 3.34. The van der Waals surface area contributed by atoms with Crippen molar-refractivity contribution in [2.45, 2.75) is 23.6 Å². The Morgan fingerprint density at radius 2 is 2.00 bits per heavy atom. The minimum Gasteiger partial charge on any atom is -0.314 e. The zero-order valence-corrected chi connectivity index (χ0v) is 13.3. The highest BCUT2D eigenvalue weighted by molar-refractivity contribution is 7.91. The first kappa shape index (κ1) is 14.5. The van der Waals surface area contributed by atoms with Gasteiger partial charge in [0.1, 0.15) is 4.21 Å². The number of hydrogen-bond acceptors (Lipinski definition) is 5. The molecule has 5 nitrogen and oxygen atoms in total. The Kier molecular flexibility index (Phi) is 4.14. The number of nitrogens with one attached hydrogen (secondary N) is 1. The minimum atomic E-state index is -3.28. The van der Waals surface area contributed by atoms with Gasteiger partial charge in [0, 0.05) is 50.2 Å². The molecule has 7 heteroatoms. The summed E-state index contributed by atoms with van der Waals surface area (Å²) in [4.78, 5) is 3.47. The van der Waals surface area contributed by atoms with E-state index in [4.69, 9.17) is 0 Å². The van der Waals surface area contributed by atoms with E-state index >= 15 is 0 Å². The molecule has 0 spiro atoms. The predicted molar refractivity (Wildman–Crippen MR) is 80.7 cm³/mol. The fourth-order valence-corrected chi connectivity index (χ4v) is 5.88. The van der Waals surface area contributed by atoms with Crippen LogP contribution in [0.15, 0.2) is 16.3 Å². The second-order valence-electron chi connectivity index (χ2n) is 5.46. The molecule has 1 atom stereocenters. The Balaban J connectivity index is 1.70. The average Bonchev–Trinajstić information content (AvgIpc) is 3.09. The first-order valence-electron chi connectivity index (χ1n) is 7.09. The quantitative estimate of drug-likeness (QED) is 0.893. The fourth-order valence-electron chi connectivity index (χ4n) is 2.95. The summed E-state index contributed by atoms with van der Waals surface area (Å²) < 4.78 is 27.3. The molecule has 0 aromatic carbocycles. The van der Waals surface area contributed by atoms with Crippen LogP contribution in [0.5, 0.6) is 0 Å². The highest BCUT2D eigenvalue weighted by atomic mass is 32.2. The van der Waals surface area contributed by atoms with Crippen LogP contribution in [0.2, 0.25) is 0 Å². The lowest BCUT2D eigenvalue weighted by Gasteiger charge is -2.32. The molecular formula is C13H21N3O2S2. The van der Waals surface area contributed by atoms with E-state index in [1.54, 1.807) is 10.4 Å². The third-order valence-electron chi connectivity index (χ3n) is 4.10. The molecule has 2 saturated heterocycles. The molecule has 1 aromatic rings. The summed E-state index contributed by atoms with van der Waals surface area (Å²) in [6.07, 6.45) is 0.948. The maximum Gasteiger partial charge on any atom is 0.252 e. The number of aryl methyl sites for hydroxylation is 1. The molecule has 1 aromatic heterocycles. The van der Waals surface area contributed by atoms with Gasteiger partial charge in [-0.25, -0.2) is 8.42 Å². The molecule has 0 amide bonds. The van der Waals surface area contributed by atoms with Crippen LogP contribution in [-0.4, -0.2) is 62.9 Å². The molecule has 3 rings (SSSR count). The lowest BCUT2D eigenvalue weighted by Crippen LogP contribution is -2.49. The third kappa shape index (κ3) is 2.78. The van der Waals surface area contributed by atoms with E-state index in [1.807, 2.05) is 13.0 Å².